The first-order valence-corrected chi connectivity index (χ1v) is 12.9. The van der Waals surface area contributed by atoms with E-state index in [0.717, 1.165) is 16.5 Å². The number of benzene rings is 3. The Morgan fingerprint density at radius 1 is 1.00 bits per heavy atom. The molecule has 3 heterocycles. The minimum Gasteiger partial charge on any atom is -0.497 e. The molecule has 0 bridgehead atoms. The van der Waals surface area contributed by atoms with Crippen molar-refractivity contribution in [3.8, 4) is 17.2 Å². The number of hydrogen-bond acceptors (Lipinski definition) is 6. The Morgan fingerprint density at radius 3 is 2.51 bits per heavy atom. The normalized spacial score (nSPS) is 17.2. The summed E-state index contributed by atoms with van der Waals surface area (Å²) in [7, 11) is 1.59. The molecule has 0 spiro atoms. The fourth-order valence-corrected chi connectivity index (χ4v) is 5.37. The highest BCUT2D eigenvalue weighted by Crippen LogP contribution is 2.48. The average Bonchev–Trinajstić information content (AvgIpc) is 3.24. The molecule has 196 valence electrons. The average molecular weight is 522 g/mol. The number of methoxy groups -OCH3 is 1. The lowest BCUT2D eigenvalue weighted by atomic mass is 9.84. The lowest BCUT2D eigenvalue weighted by Crippen LogP contribution is -2.31. The van der Waals surface area contributed by atoms with Crippen molar-refractivity contribution in [2.24, 2.45) is 5.92 Å². The maximum absolute atomic E-state index is 13.9. The molecule has 39 heavy (non-hydrogen) atoms. The molecule has 0 N–H and O–H groups in total. The van der Waals surface area contributed by atoms with Gasteiger partial charge in [0.05, 0.1) is 24.6 Å². The number of carbonyl (C=O) groups excluding carboxylic acids is 2. The number of hydrogen-bond donors (Lipinski definition) is 0. The zero-order valence-corrected chi connectivity index (χ0v) is 21.9. The van der Waals surface area contributed by atoms with Gasteiger partial charge in [0.25, 0.3) is 5.56 Å². The van der Waals surface area contributed by atoms with Crippen molar-refractivity contribution in [3.05, 3.63) is 105 Å². The highest BCUT2D eigenvalue weighted by molar-refractivity contribution is 6.15. The van der Waals surface area contributed by atoms with Gasteiger partial charge in [-0.15, -0.1) is 0 Å². The van der Waals surface area contributed by atoms with Crippen LogP contribution in [0.15, 0.2) is 77.3 Å². The smallest absolute Gasteiger partial charge is 0.312 e. The van der Waals surface area contributed by atoms with Gasteiger partial charge in [0.15, 0.2) is 5.76 Å². The monoisotopic (exact) mass is 521 g/mol. The molecule has 4 aromatic rings. The number of rotatable bonds is 5. The first kappa shape index (κ1) is 24.7. The quantitative estimate of drug-likeness (QED) is 0.190. The van der Waals surface area contributed by atoms with Crippen LogP contribution in [0.3, 0.4) is 0 Å². The van der Waals surface area contributed by atoms with E-state index in [4.69, 9.17) is 14.2 Å². The highest BCUT2D eigenvalue weighted by atomic mass is 16.5. The molecule has 6 rings (SSSR count). The van der Waals surface area contributed by atoms with E-state index in [1.54, 1.807) is 42.0 Å². The van der Waals surface area contributed by atoms with Crippen LogP contribution in [0.1, 0.15) is 53.2 Å². The number of fused-ring (bicyclic) bond motifs is 4. The molecular weight excluding hydrogens is 494 g/mol. The number of carbonyl (C=O) groups is 2. The highest BCUT2D eigenvalue weighted by Gasteiger charge is 2.39. The Balaban J connectivity index is 1.50. The molecule has 0 fully saturated rings. The molecule has 2 aliphatic heterocycles. The number of allylic oxidation sites excluding steroid dienone is 1. The number of ether oxygens (including phenoxy) is 3. The fraction of sp³-hybridized carbons (Fsp3) is 0.219. The number of nitrogens with zero attached hydrogens (tertiary/aromatic N) is 1. The summed E-state index contributed by atoms with van der Waals surface area (Å²) in [6.45, 7) is 4.65. The van der Waals surface area contributed by atoms with Gasteiger partial charge in [-0.3, -0.25) is 14.4 Å². The third-order valence-electron chi connectivity index (χ3n) is 7.15. The molecule has 0 amide bonds. The minimum atomic E-state index is -0.625. The minimum absolute atomic E-state index is 0.0339. The molecule has 0 aliphatic carbocycles. The summed E-state index contributed by atoms with van der Waals surface area (Å²) in [6, 6.07) is 20.1. The molecule has 0 saturated carbocycles. The van der Waals surface area contributed by atoms with Crippen LogP contribution in [0.2, 0.25) is 0 Å². The summed E-state index contributed by atoms with van der Waals surface area (Å²) < 4.78 is 18.7. The number of esters is 1. The van der Waals surface area contributed by atoms with Crippen molar-refractivity contribution in [2.75, 3.05) is 7.11 Å². The SMILES string of the molecule is COc1ccc(C=C2Oc3c(ccc4c3C(c3cc5ccccc5n(CC(C)C)c3=O)CC(=O)O4)C2=O)cc1. The van der Waals surface area contributed by atoms with E-state index in [9.17, 15) is 14.4 Å². The number of pyridine rings is 1. The third-order valence-corrected chi connectivity index (χ3v) is 7.15. The zero-order chi connectivity index (χ0) is 27.3. The Kier molecular flexibility index (Phi) is 6.06. The first-order valence-electron chi connectivity index (χ1n) is 12.9. The second kappa shape index (κ2) is 9.58. The zero-order valence-electron chi connectivity index (χ0n) is 21.9. The van der Waals surface area contributed by atoms with Crippen LogP contribution in [0.5, 0.6) is 17.2 Å². The summed E-state index contributed by atoms with van der Waals surface area (Å²) in [5, 5.41) is 0.901. The topological polar surface area (TPSA) is 83.8 Å². The Bertz CT molecular complexity index is 1730. The molecule has 0 saturated heterocycles. The number of para-hydroxylation sites is 1. The van der Waals surface area contributed by atoms with Gasteiger partial charge < -0.3 is 18.8 Å². The van der Waals surface area contributed by atoms with Crippen LogP contribution < -0.4 is 19.8 Å². The van der Waals surface area contributed by atoms with Gasteiger partial charge in [-0.2, -0.15) is 0 Å². The molecule has 2 aliphatic rings. The summed E-state index contributed by atoms with van der Waals surface area (Å²) in [4.78, 5) is 40.0. The van der Waals surface area contributed by atoms with E-state index in [-0.39, 0.29) is 29.4 Å². The fourth-order valence-electron chi connectivity index (χ4n) is 5.37. The van der Waals surface area contributed by atoms with E-state index in [1.165, 1.54) is 0 Å². The summed E-state index contributed by atoms with van der Waals surface area (Å²) >= 11 is 0. The molecule has 1 atom stereocenters. The third kappa shape index (κ3) is 4.30. The number of aromatic nitrogens is 1. The molecule has 7 heteroatoms. The Labute approximate surface area is 225 Å². The lowest BCUT2D eigenvalue weighted by Gasteiger charge is -2.27. The van der Waals surface area contributed by atoms with Crippen LogP contribution in [-0.2, 0) is 11.3 Å². The number of ketones is 1. The Hall–Kier alpha value is -4.65. The van der Waals surface area contributed by atoms with Crippen molar-refractivity contribution in [1.29, 1.82) is 0 Å². The molecule has 3 aromatic carbocycles. The van der Waals surface area contributed by atoms with Gasteiger partial charge in [-0.25, -0.2) is 0 Å². The van der Waals surface area contributed by atoms with Gasteiger partial charge >= 0.3 is 5.97 Å². The second-order valence-electron chi connectivity index (χ2n) is 10.3. The van der Waals surface area contributed by atoms with E-state index in [1.807, 2.05) is 42.5 Å². The first-order chi connectivity index (χ1) is 18.8. The largest absolute Gasteiger partial charge is 0.497 e. The van der Waals surface area contributed by atoms with Crippen molar-refractivity contribution in [3.63, 3.8) is 0 Å². The van der Waals surface area contributed by atoms with Crippen LogP contribution in [0.25, 0.3) is 17.0 Å². The van der Waals surface area contributed by atoms with Crippen molar-refractivity contribution in [1.82, 2.24) is 4.57 Å². The van der Waals surface area contributed by atoms with E-state index < -0.39 is 11.9 Å². The summed E-state index contributed by atoms with van der Waals surface area (Å²) in [5.41, 5.74) is 2.85. The van der Waals surface area contributed by atoms with Crippen LogP contribution in [-0.4, -0.2) is 23.4 Å². The van der Waals surface area contributed by atoms with E-state index >= 15 is 0 Å². The van der Waals surface area contributed by atoms with Crippen molar-refractivity contribution in [2.45, 2.75) is 32.7 Å². The maximum atomic E-state index is 13.9. The van der Waals surface area contributed by atoms with Gasteiger partial charge in [0.1, 0.15) is 17.2 Å². The van der Waals surface area contributed by atoms with Gasteiger partial charge in [0.2, 0.25) is 5.78 Å². The molecular formula is C32H27NO6. The molecule has 7 nitrogen and oxygen atoms in total. The standard InChI is InChI=1S/C32H27NO6/c1-18(2)17-33-25-7-5-4-6-20(25)15-24(32(33)36)23-16-28(34)38-26-13-12-22-30(35)27(39-31(22)29(23)26)14-19-8-10-21(37-3)11-9-19/h4-15,18,23H,16-17H2,1-3H3. The maximum Gasteiger partial charge on any atom is 0.312 e. The predicted molar refractivity (Wildman–Crippen MR) is 148 cm³/mol. The van der Waals surface area contributed by atoms with Crippen LogP contribution >= 0.6 is 0 Å². The molecule has 0 radical (unpaired) electrons. The van der Waals surface area contributed by atoms with Crippen LogP contribution in [0, 0.1) is 5.92 Å². The van der Waals surface area contributed by atoms with E-state index in [0.29, 0.717) is 40.5 Å². The molecule has 1 aromatic heterocycles. The van der Waals surface area contributed by atoms with Gasteiger partial charge in [-0.05, 0) is 59.3 Å². The molecule has 1 unspecified atom stereocenters. The van der Waals surface area contributed by atoms with Crippen molar-refractivity contribution < 1.29 is 23.8 Å². The predicted octanol–water partition coefficient (Wildman–Crippen LogP) is 5.72. The second-order valence-corrected chi connectivity index (χ2v) is 10.3. The summed E-state index contributed by atoms with van der Waals surface area (Å²) in [6.07, 6.45) is 1.64. The van der Waals surface area contributed by atoms with Gasteiger partial charge in [0, 0.05) is 23.6 Å². The van der Waals surface area contributed by atoms with Crippen molar-refractivity contribution >= 4 is 28.7 Å². The van der Waals surface area contributed by atoms with E-state index in [2.05, 4.69) is 13.8 Å². The Morgan fingerprint density at radius 2 is 1.77 bits per heavy atom. The lowest BCUT2D eigenvalue weighted by molar-refractivity contribution is -0.135. The van der Waals surface area contributed by atoms with Crippen LogP contribution in [0.4, 0.5) is 0 Å². The summed E-state index contributed by atoms with van der Waals surface area (Å²) in [5.74, 6) is 0.407. The number of Topliss-reactive ketones (excluding diaryl/α,β-unsaturated/α-hetero) is 1. The van der Waals surface area contributed by atoms with Gasteiger partial charge in [-0.1, -0.05) is 44.2 Å².